The van der Waals surface area contributed by atoms with Crippen LogP contribution < -0.4 is 0 Å². The van der Waals surface area contributed by atoms with Crippen LogP contribution in [-0.2, 0) is 4.79 Å². The van der Waals surface area contributed by atoms with E-state index in [0.29, 0.717) is 6.42 Å². The number of carboxylic acids is 1. The first-order chi connectivity index (χ1) is 26.6. The first kappa shape index (κ1) is 69.1. The molecular formula is C36H82O20. The molecule has 0 bridgehead atoms. The van der Waals surface area contributed by atoms with Crippen molar-refractivity contribution in [2.45, 2.75) is 133 Å². The van der Waals surface area contributed by atoms with Crippen molar-refractivity contribution in [1.29, 1.82) is 0 Å². The average molecular weight is 835 g/mol. The van der Waals surface area contributed by atoms with Gasteiger partial charge in [-0.3, -0.25) is 4.79 Å². The Morgan fingerprint density at radius 2 is 0.554 bits per heavy atom. The van der Waals surface area contributed by atoms with Gasteiger partial charge in [0.1, 0.15) is 36.6 Å². The third-order valence-corrected chi connectivity index (χ3v) is 6.18. The minimum atomic E-state index is -0.954. The van der Waals surface area contributed by atoms with Crippen LogP contribution in [0.15, 0.2) is 12.2 Å². The Balaban J connectivity index is -0.000000111. The number of aliphatic hydroxyl groups is 18. The van der Waals surface area contributed by atoms with E-state index in [1.54, 1.807) is 0 Å². The van der Waals surface area contributed by atoms with Crippen LogP contribution in [0.2, 0.25) is 0 Å². The highest BCUT2D eigenvalue weighted by atomic mass is 16.4. The lowest BCUT2D eigenvalue weighted by Gasteiger charge is -1.99. The van der Waals surface area contributed by atoms with Gasteiger partial charge < -0.3 is 97.0 Å². The van der Waals surface area contributed by atoms with Crippen LogP contribution in [-0.4, -0.2) is 219 Å². The minimum absolute atomic E-state index is 0.332. The highest BCUT2D eigenvalue weighted by molar-refractivity contribution is 5.66. The van der Waals surface area contributed by atoms with E-state index < -0.39 is 42.6 Å². The van der Waals surface area contributed by atoms with Crippen LogP contribution in [0.4, 0.5) is 0 Å². The van der Waals surface area contributed by atoms with Crippen molar-refractivity contribution in [2.75, 3.05) is 79.3 Å². The van der Waals surface area contributed by atoms with Crippen molar-refractivity contribution in [3.8, 4) is 0 Å². The van der Waals surface area contributed by atoms with Crippen molar-refractivity contribution in [3.05, 3.63) is 12.2 Å². The fourth-order valence-corrected chi connectivity index (χ4v) is 2.69. The van der Waals surface area contributed by atoms with Crippen molar-refractivity contribution < 1.29 is 102 Å². The van der Waals surface area contributed by atoms with Gasteiger partial charge in [-0.25, -0.2) is 0 Å². The third kappa shape index (κ3) is 89.2. The molecule has 20 heteroatoms. The second kappa shape index (κ2) is 65.3. The molecule has 0 spiro atoms. The van der Waals surface area contributed by atoms with Crippen molar-refractivity contribution in [2.24, 2.45) is 0 Å². The highest BCUT2D eigenvalue weighted by Crippen LogP contribution is 2.09. The summed E-state index contributed by atoms with van der Waals surface area (Å²) in [7, 11) is 0. The largest absolute Gasteiger partial charge is 0.481 e. The van der Waals surface area contributed by atoms with Crippen LogP contribution in [0.5, 0.6) is 0 Å². The van der Waals surface area contributed by atoms with Gasteiger partial charge in [-0.1, -0.05) is 70.4 Å². The summed E-state index contributed by atoms with van der Waals surface area (Å²) in [6.45, 7) is -2.12. The first-order valence-electron chi connectivity index (χ1n) is 18.9. The standard InChI is InChI=1S/C18H34O2.6C3H8O3/c1-2-3-4-5-6-7-8-9-10-11-12-13-14-15-16-17-18(19)20;6*4-1-3(6)2-5/h9-10H,2-8,11-17H2,1H3,(H,19,20);6*3-6H,1-2H2/b10-9+;;;;;;. The van der Waals surface area contributed by atoms with Gasteiger partial charge in [0.2, 0.25) is 0 Å². The smallest absolute Gasteiger partial charge is 0.303 e. The Labute approximate surface area is 332 Å². The van der Waals surface area contributed by atoms with Gasteiger partial charge in [0, 0.05) is 6.42 Å². The molecule has 0 unspecified atom stereocenters. The van der Waals surface area contributed by atoms with E-state index in [1.165, 1.54) is 70.6 Å². The fraction of sp³-hybridized carbons (Fsp3) is 0.917. The SMILES string of the molecule is CCCCCCCC/C=C/CCCCCCCC(=O)O.OCC(O)CO.OCC(O)CO.OCC(O)CO.OCC(O)CO.OCC(O)CO.OCC(O)CO. The lowest BCUT2D eigenvalue weighted by Crippen LogP contribution is -2.15. The molecule has 0 aromatic carbocycles. The summed E-state index contributed by atoms with van der Waals surface area (Å²) in [5.74, 6) is -0.664. The molecule has 0 saturated heterocycles. The van der Waals surface area contributed by atoms with E-state index >= 15 is 0 Å². The average Bonchev–Trinajstić information content (AvgIpc) is 3.24. The zero-order valence-electron chi connectivity index (χ0n) is 33.4. The van der Waals surface area contributed by atoms with E-state index in [4.69, 9.17) is 97.0 Å². The number of carbonyl (C=O) groups is 1. The second-order valence-electron chi connectivity index (χ2n) is 11.8. The molecule has 0 aliphatic heterocycles. The van der Waals surface area contributed by atoms with Gasteiger partial charge in [0.05, 0.1) is 79.3 Å². The molecule has 0 aromatic heterocycles. The van der Waals surface area contributed by atoms with Gasteiger partial charge in [-0.15, -0.1) is 0 Å². The summed E-state index contributed by atoms with van der Waals surface area (Å²) in [6.07, 6.45) is 15.5. The predicted octanol–water partition coefficient (Wildman–Crippen LogP) is -3.90. The molecule has 0 aromatic rings. The monoisotopic (exact) mass is 835 g/mol. The van der Waals surface area contributed by atoms with E-state index in [1.807, 2.05) is 0 Å². The van der Waals surface area contributed by atoms with E-state index in [0.717, 1.165) is 12.8 Å². The molecule has 0 aliphatic rings. The van der Waals surface area contributed by atoms with Gasteiger partial charge >= 0.3 is 5.97 Å². The molecule has 0 rings (SSSR count). The maximum Gasteiger partial charge on any atom is 0.303 e. The Hall–Kier alpha value is -1.51. The van der Waals surface area contributed by atoms with Crippen molar-refractivity contribution in [1.82, 2.24) is 0 Å². The zero-order valence-corrected chi connectivity index (χ0v) is 33.4. The Kier molecular flexibility index (Phi) is 80.7. The molecule has 19 N–H and O–H groups in total. The van der Waals surface area contributed by atoms with Gasteiger partial charge in [0.15, 0.2) is 0 Å². The summed E-state index contributed by atoms with van der Waals surface area (Å²) in [5, 5.41) is 153. The molecule has 346 valence electrons. The third-order valence-electron chi connectivity index (χ3n) is 6.18. The van der Waals surface area contributed by atoms with Crippen LogP contribution >= 0.6 is 0 Å². The summed E-state index contributed by atoms with van der Waals surface area (Å²) >= 11 is 0. The Bertz CT molecular complexity index is 579. The summed E-state index contributed by atoms with van der Waals surface area (Å²) in [5.41, 5.74) is 0. The maximum absolute atomic E-state index is 10.3. The number of unbranched alkanes of at least 4 members (excludes halogenated alkanes) is 11. The highest BCUT2D eigenvalue weighted by Gasteiger charge is 1.98. The molecule has 20 nitrogen and oxygen atoms in total. The van der Waals surface area contributed by atoms with Crippen molar-refractivity contribution >= 4 is 5.97 Å². The zero-order chi connectivity index (χ0) is 44.8. The summed E-state index contributed by atoms with van der Waals surface area (Å²) < 4.78 is 0. The molecular weight excluding hydrogens is 752 g/mol. The van der Waals surface area contributed by atoms with E-state index in [9.17, 15) is 4.79 Å². The van der Waals surface area contributed by atoms with Gasteiger partial charge in [0.25, 0.3) is 0 Å². The number of hydrogen-bond donors (Lipinski definition) is 19. The van der Waals surface area contributed by atoms with Crippen LogP contribution in [0, 0.1) is 0 Å². The summed E-state index contributed by atoms with van der Waals surface area (Å²) in [6, 6.07) is 0. The maximum atomic E-state index is 10.3. The normalized spacial score (nSPS) is 10.4. The number of carboxylic acid groups (broad SMARTS) is 1. The van der Waals surface area contributed by atoms with Crippen LogP contribution in [0.1, 0.15) is 96.8 Å². The topological polar surface area (TPSA) is 401 Å². The van der Waals surface area contributed by atoms with E-state index in [-0.39, 0.29) is 79.3 Å². The minimum Gasteiger partial charge on any atom is -0.481 e. The molecule has 0 amide bonds. The fourth-order valence-electron chi connectivity index (χ4n) is 2.69. The molecule has 0 fully saturated rings. The molecule has 0 saturated carbocycles. The predicted molar refractivity (Wildman–Crippen MR) is 208 cm³/mol. The van der Waals surface area contributed by atoms with Crippen LogP contribution in [0.25, 0.3) is 0 Å². The number of aliphatic carboxylic acids is 1. The molecule has 56 heavy (non-hydrogen) atoms. The van der Waals surface area contributed by atoms with Crippen molar-refractivity contribution in [3.63, 3.8) is 0 Å². The summed E-state index contributed by atoms with van der Waals surface area (Å²) in [4.78, 5) is 10.3. The van der Waals surface area contributed by atoms with Gasteiger partial charge in [-0.2, -0.15) is 0 Å². The Morgan fingerprint density at radius 3 is 0.732 bits per heavy atom. The lowest BCUT2D eigenvalue weighted by molar-refractivity contribution is -0.137. The molecule has 0 radical (unpaired) electrons. The second-order valence-corrected chi connectivity index (χ2v) is 11.8. The van der Waals surface area contributed by atoms with Crippen LogP contribution in [0.3, 0.4) is 0 Å². The quantitative estimate of drug-likeness (QED) is 0.0278. The van der Waals surface area contributed by atoms with Gasteiger partial charge in [-0.05, 0) is 32.1 Å². The number of allylic oxidation sites excluding steroid dienone is 2. The Morgan fingerprint density at radius 1 is 0.357 bits per heavy atom. The molecule has 0 aliphatic carbocycles. The number of hydrogen-bond acceptors (Lipinski definition) is 19. The number of rotatable bonds is 27. The molecule has 0 heterocycles. The van der Waals surface area contributed by atoms with E-state index in [2.05, 4.69) is 19.1 Å². The number of aliphatic hydroxyl groups excluding tert-OH is 18. The molecule has 0 atom stereocenters. The first-order valence-corrected chi connectivity index (χ1v) is 18.9. The lowest BCUT2D eigenvalue weighted by atomic mass is 10.1.